The van der Waals surface area contributed by atoms with Gasteiger partial charge in [0, 0.05) is 31.5 Å². The van der Waals surface area contributed by atoms with Crippen molar-refractivity contribution in [3.8, 4) is 11.5 Å². The van der Waals surface area contributed by atoms with Gasteiger partial charge in [0.05, 0.1) is 12.7 Å². The fourth-order valence-corrected chi connectivity index (χ4v) is 2.93. The molecular formula is C22H29NO4. The van der Waals surface area contributed by atoms with Crippen molar-refractivity contribution in [1.29, 1.82) is 0 Å². The number of rotatable bonds is 11. The number of nitrogens with one attached hydrogen (secondary N) is 1. The van der Waals surface area contributed by atoms with Gasteiger partial charge in [-0.05, 0) is 49.6 Å². The fraction of sp³-hybridized carbons (Fsp3) is 0.455. The van der Waals surface area contributed by atoms with Crippen LogP contribution in [0.15, 0.2) is 48.5 Å². The summed E-state index contributed by atoms with van der Waals surface area (Å²) in [6, 6.07) is 16.2. The van der Waals surface area contributed by atoms with Gasteiger partial charge in [-0.1, -0.05) is 18.2 Å². The minimum Gasteiger partial charge on any atom is -0.491 e. The summed E-state index contributed by atoms with van der Waals surface area (Å²) in [4.78, 5) is 0. The summed E-state index contributed by atoms with van der Waals surface area (Å²) < 4.78 is 22.4. The van der Waals surface area contributed by atoms with Crippen molar-refractivity contribution >= 4 is 5.69 Å². The maximum atomic E-state index is 5.86. The minimum atomic E-state index is 0.232. The molecule has 2 aromatic carbocycles. The van der Waals surface area contributed by atoms with Crippen LogP contribution in [0.4, 0.5) is 5.69 Å². The van der Waals surface area contributed by atoms with Crippen LogP contribution in [0.5, 0.6) is 11.5 Å². The van der Waals surface area contributed by atoms with Crippen LogP contribution in [0.2, 0.25) is 0 Å². The first-order valence-corrected chi connectivity index (χ1v) is 9.71. The molecule has 1 N–H and O–H groups in total. The van der Waals surface area contributed by atoms with Gasteiger partial charge in [0.1, 0.15) is 24.7 Å². The van der Waals surface area contributed by atoms with Gasteiger partial charge in [0.25, 0.3) is 0 Å². The average Bonchev–Trinajstić information content (AvgIpc) is 3.23. The molecule has 1 atom stereocenters. The highest BCUT2D eigenvalue weighted by Gasteiger charge is 2.15. The number of anilines is 1. The standard InChI is InChI=1S/C22H29NO4/c1-2-24-13-14-26-20-10-8-18(9-11-20)16-23-19-5-3-6-21(15-19)27-17-22-7-4-12-25-22/h3,5-6,8-11,15,22-23H,2,4,7,12-14,16-17H2,1H3. The third-order valence-electron chi connectivity index (χ3n) is 4.41. The van der Waals surface area contributed by atoms with E-state index in [0.717, 1.165) is 43.2 Å². The Hall–Kier alpha value is -2.24. The lowest BCUT2D eigenvalue weighted by atomic mass is 10.2. The van der Waals surface area contributed by atoms with Crippen molar-refractivity contribution in [3.63, 3.8) is 0 Å². The molecule has 146 valence electrons. The lowest BCUT2D eigenvalue weighted by Crippen LogP contribution is -2.16. The van der Waals surface area contributed by atoms with Crippen LogP contribution in [-0.4, -0.2) is 39.1 Å². The van der Waals surface area contributed by atoms with Gasteiger partial charge in [-0.3, -0.25) is 0 Å². The Bertz CT molecular complexity index is 668. The van der Waals surface area contributed by atoms with Gasteiger partial charge in [0.15, 0.2) is 0 Å². The SMILES string of the molecule is CCOCCOc1ccc(CNc2cccc(OCC3CCCO3)c2)cc1. The fourth-order valence-electron chi connectivity index (χ4n) is 2.93. The molecule has 3 rings (SSSR count). The number of hydrogen-bond donors (Lipinski definition) is 1. The van der Waals surface area contributed by atoms with Gasteiger partial charge in [0.2, 0.25) is 0 Å². The van der Waals surface area contributed by atoms with Crippen molar-refractivity contribution in [2.75, 3.05) is 38.4 Å². The second-order valence-electron chi connectivity index (χ2n) is 6.52. The molecule has 1 heterocycles. The van der Waals surface area contributed by atoms with Crippen LogP contribution in [0.1, 0.15) is 25.3 Å². The van der Waals surface area contributed by atoms with E-state index in [1.165, 1.54) is 5.56 Å². The van der Waals surface area contributed by atoms with Gasteiger partial charge in [-0.15, -0.1) is 0 Å². The number of benzene rings is 2. The van der Waals surface area contributed by atoms with Crippen LogP contribution in [0.25, 0.3) is 0 Å². The lowest BCUT2D eigenvalue weighted by Gasteiger charge is -2.13. The molecule has 5 heteroatoms. The molecule has 0 spiro atoms. The van der Waals surface area contributed by atoms with E-state index in [4.69, 9.17) is 18.9 Å². The molecule has 0 radical (unpaired) electrons. The topological polar surface area (TPSA) is 49.0 Å². The molecule has 0 bridgehead atoms. The Morgan fingerprint density at radius 1 is 1.04 bits per heavy atom. The normalized spacial score (nSPS) is 16.3. The monoisotopic (exact) mass is 371 g/mol. The van der Waals surface area contributed by atoms with Crippen molar-refractivity contribution in [3.05, 3.63) is 54.1 Å². The highest BCUT2D eigenvalue weighted by Crippen LogP contribution is 2.20. The molecule has 0 aliphatic carbocycles. The molecule has 1 saturated heterocycles. The average molecular weight is 371 g/mol. The summed E-state index contributed by atoms with van der Waals surface area (Å²) >= 11 is 0. The predicted molar refractivity (Wildman–Crippen MR) is 107 cm³/mol. The first-order valence-electron chi connectivity index (χ1n) is 9.71. The van der Waals surface area contributed by atoms with Crippen molar-refractivity contribution < 1.29 is 18.9 Å². The molecule has 0 saturated carbocycles. The molecule has 1 fully saturated rings. The summed E-state index contributed by atoms with van der Waals surface area (Å²) in [6.45, 7) is 6.10. The largest absolute Gasteiger partial charge is 0.491 e. The Balaban J connectivity index is 1.43. The smallest absolute Gasteiger partial charge is 0.121 e. The third-order valence-corrected chi connectivity index (χ3v) is 4.41. The van der Waals surface area contributed by atoms with E-state index in [-0.39, 0.29) is 6.10 Å². The summed E-state index contributed by atoms with van der Waals surface area (Å²) in [5, 5.41) is 3.44. The van der Waals surface area contributed by atoms with Gasteiger partial charge >= 0.3 is 0 Å². The Morgan fingerprint density at radius 3 is 2.70 bits per heavy atom. The maximum Gasteiger partial charge on any atom is 0.121 e. The van der Waals surface area contributed by atoms with Crippen molar-refractivity contribution in [2.45, 2.75) is 32.4 Å². The van der Waals surface area contributed by atoms with Crippen LogP contribution in [0.3, 0.4) is 0 Å². The van der Waals surface area contributed by atoms with Crippen LogP contribution < -0.4 is 14.8 Å². The highest BCUT2D eigenvalue weighted by atomic mass is 16.5. The Kier molecular flexibility index (Phi) is 7.81. The van der Waals surface area contributed by atoms with Gasteiger partial charge < -0.3 is 24.3 Å². The van der Waals surface area contributed by atoms with Crippen LogP contribution >= 0.6 is 0 Å². The quantitative estimate of drug-likeness (QED) is 0.598. The Labute approximate surface area is 161 Å². The predicted octanol–water partition coefficient (Wildman–Crippen LogP) is 4.27. The lowest BCUT2D eigenvalue weighted by molar-refractivity contribution is 0.0680. The molecule has 0 amide bonds. The summed E-state index contributed by atoms with van der Waals surface area (Å²) in [7, 11) is 0. The number of hydrogen-bond acceptors (Lipinski definition) is 5. The maximum absolute atomic E-state index is 5.86. The van der Waals surface area contributed by atoms with E-state index in [2.05, 4.69) is 17.4 Å². The molecule has 5 nitrogen and oxygen atoms in total. The van der Waals surface area contributed by atoms with Crippen LogP contribution in [-0.2, 0) is 16.0 Å². The van der Waals surface area contributed by atoms with E-state index in [1.54, 1.807) is 0 Å². The van der Waals surface area contributed by atoms with Gasteiger partial charge in [-0.25, -0.2) is 0 Å². The zero-order valence-electron chi connectivity index (χ0n) is 16.0. The van der Waals surface area contributed by atoms with Crippen molar-refractivity contribution in [1.82, 2.24) is 0 Å². The third kappa shape index (κ3) is 6.77. The highest BCUT2D eigenvalue weighted by molar-refractivity contribution is 5.48. The van der Waals surface area contributed by atoms with E-state index >= 15 is 0 Å². The van der Waals surface area contributed by atoms with E-state index in [0.29, 0.717) is 26.4 Å². The molecule has 0 aromatic heterocycles. The molecule has 2 aromatic rings. The summed E-state index contributed by atoms with van der Waals surface area (Å²) in [5.74, 6) is 1.73. The van der Waals surface area contributed by atoms with E-state index in [1.807, 2.05) is 43.3 Å². The van der Waals surface area contributed by atoms with Gasteiger partial charge in [-0.2, -0.15) is 0 Å². The molecular weight excluding hydrogens is 342 g/mol. The van der Waals surface area contributed by atoms with E-state index in [9.17, 15) is 0 Å². The molecule has 1 unspecified atom stereocenters. The number of ether oxygens (including phenoxy) is 4. The molecule has 1 aliphatic heterocycles. The summed E-state index contributed by atoms with van der Waals surface area (Å²) in [6.07, 6.45) is 2.45. The Morgan fingerprint density at radius 2 is 1.93 bits per heavy atom. The first kappa shape index (κ1) is 19.5. The van der Waals surface area contributed by atoms with Crippen molar-refractivity contribution in [2.24, 2.45) is 0 Å². The molecule has 27 heavy (non-hydrogen) atoms. The summed E-state index contributed by atoms with van der Waals surface area (Å²) in [5.41, 5.74) is 2.23. The zero-order valence-corrected chi connectivity index (χ0v) is 16.0. The second kappa shape index (κ2) is 10.8. The first-order chi connectivity index (χ1) is 13.3. The second-order valence-corrected chi connectivity index (χ2v) is 6.52. The van der Waals surface area contributed by atoms with E-state index < -0.39 is 0 Å². The molecule has 1 aliphatic rings. The van der Waals surface area contributed by atoms with Crippen LogP contribution in [0, 0.1) is 0 Å². The zero-order chi connectivity index (χ0) is 18.7. The minimum absolute atomic E-state index is 0.232.